The Morgan fingerprint density at radius 3 is 2.24 bits per heavy atom. The number of likely N-dealkylation sites (tertiary alicyclic amines) is 2. The first-order chi connectivity index (χ1) is 14.0. The van der Waals surface area contributed by atoms with Crippen LogP contribution in [-0.4, -0.2) is 76.4 Å². The summed E-state index contributed by atoms with van der Waals surface area (Å²) in [5.74, 6) is 1.81. The molecular weight excluding hydrogens is 362 g/mol. The summed E-state index contributed by atoms with van der Waals surface area (Å²) in [4.78, 5) is 28.4. The summed E-state index contributed by atoms with van der Waals surface area (Å²) in [6.45, 7) is 11.8. The lowest BCUT2D eigenvalue weighted by atomic mass is 9.91. The minimum absolute atomic E-state index is 0.302. The van der Waals surface area contributed by atoms with Crippen LogP contribution in [0.15, 0.2) is 12.4 Å². The van der Waals surface area contributed by atoms with E-state index in [1.54, 1.807) is 6.92 Å². The average molecular weight is 400 g/mol. The van der Waals surface area contributed by atoms with Crippen molar-refractivity contribution in [1.82, 2.24) is 19.8 Å². The Balaban J connectivity index is 1.31. The van der Waals surface area contributed by atoms with Gasteiger partial charge in [-0.05, 0) is 84.0 Å². The number of fused-ring (bicyclic) bond motifs is 2. The molecule has 4 heterocycles. The van der Waals surface area contributed by atoms with Crippen molar-refractivity contribution < 1.29 is 4.79 Å². The van der Waals surface area contributed by atoms with E-state index >= 15 is 0 Å². The molecule has 3 saturated heterocycles. The molecule has 0 radical (unpaired) electrons. The third kappa shape index (κ3) is 4.80. The first-order valence-corrected chi connectivity index (χ1v) is 11.6. The number of Topliss-reactive ketones (excluding diaryl/α,β-unsaturated/α-hetero) is 1. The Morgan fingerprint density at radius 2 is 1.69 bits per heavy atom. The molecule has 0 aliphatic carbocycles. The van der Waals surface area contributed by atoms with Gasteiger partial charge in [0.25, 0.3) is 0 Å². The van der Waals surface area contributed by atoms with Gasteiger partial charge in [0.1, 0.15) is 5.78 Å². The van der Waals surface area contributed by atoms with Gasteiger partial charge in [0.05, 0.1) is 0 Å². The molecule has 2 bridgehead atoms. The van der Waals surface area contributed by atoms with Crippen molar-refractivity contribution in [3.63, 3.8) is 0 Å². The molecule has 0 N–H and O–H groups in total. The van der Waals surface area contributed by atoms with Crippen LogP contribution in [0.1, 0.15) is 70.8 Å². The van der Waals surface area contributed by atoms with Gasteiger partial charge in [0, 0.05) is 50.0 Å². The minimum atomic E-state index is 0.302. The number of ketones is 1. The number of nitrogens with zero attached hydrogens (tertiary/aromatic N) is 5. The van der Waals surface area contributed by atoms with Crippen LogP contribution in [-0.2, 0) is 4.79 Å². The van der Waals surface area contributed by atoms with Crippen molar-refractivity contribution in [2.24, 2.45) is 0 Å². The number of piperazine rings is 1. The molecule has 3 aliphatic rings. The summed E-state index contributed by atoms with van der Waals surface area (Å²) < 4.78 is 0. The molecule has 1 aromatic heterocycles. The molecule has 3 fully saturated rings. The minimum Gasteiger partial charge on any atom is -0.332 e. The second-order valence-corrected chi connectivity index (χ2v) is 9.58. The molecule has 0 spiro atoms. The maximum atomic E-state index is 11.1. The van der Waals surface area contributed by atoms with Gasteiger partial charge in [-0.1, -0.05) is 0 Å². The van der Waals surface area contributed by atoms with Gasteiger partial charge in [-0.2, -0.15) is 0 Å². The van der Waals surface area contributed by atoms with Gasteiger partial charge in [0.2, 0.25) is 5.95 Å². The molecule has 2 atom stereocenters. The maximum Gasteiger partial charge on any atom is 0.225 e. The largest absolute Gasteiger partial charge is 0.332 e. The summed E-state index contributed by atoms with van der Waals surface area (Å²) in [5.41, 5.74) is 1.30. The molecule has 4 rings (SSSR count). The van der Waals surface area contributed by atoms with Crippen LogP contribution >= 0.6 is 0 Å². The van der Waals surface area contributed by atoms with Crippen LogP contribution in [0.4, 0.5) is 5.95 Å². The summed E-state index contributed by atoms with van der Waals surface area (Å²) in [6.07, 6.45) is 10.7. The first-order valence-electron chi connectivity index (χ1n) is 11.6. The van der Waals surface area contributed by atoms with Crippen molar-refractivity contribution in [1.29, 1.82) is 0 Å². The van der Waals surface area contributed by atoms with Crippen molar-refractivity contribution in [2.45, 2.75) is 83.3 Å². The Bertz CT molecular complexity index is 669. The van der Waals surface area contributed by atoms with E-state index < -0.39 is 0 Å². The molecule has 6 heteroatoms. The van der Waals surface area contributed by atoms with E-state index in [2.05, 4.69) is 40.9 Å². The smallest absolute Gasteiger partial charge is 0.225 e. The highest BCUT2D eigenvalue weighted by Gasteiger charge is 2.41. The highest BCUT2D eigenvalue weighted by Crippen LogP contribution is 2.34. The van der Waals surface area contributed by atoms with Gasteiger partial charge in [-0.25, -0.2) is 9.97 Å². The molecule has 160 valence electrons. The first kappa shape index (κ1) is 20.7. The van der Waals surface area contributed by atoms with E-state index in [9.17, 15) is 4.79 Å². The van der Waals surface area contributed by atoms with Gasteiger partial charge < -0.3 is 14.6 Å². The summed E-state index contributed by atoms with van der Waals surface area (Å²) in [7, 11) is 0. The van der Waals surface area contributed by atoms with E-state index in [-0.39, 0.29) is 0 Å². The molecule has 6 nitrogen and oxygen atoms in total. The number of rotatable bonds is 7. The van der Waals surface area contributed by atoms with E-state index in [1.807, 2.05) is 0 Å². The highest BCUT2D eigenvalue weighted by atomic mass is 16.1. The zero-order valence-electron chi connectivity index (χ0n) is 18.4. The molecular formula is C23H37N5O. The second-order valence-electron chi connectivity index (χ2n) is 9.58. The third-order valence-electron chi connectivity index (χ3n) is 7.19. The fourth-order valence-corrected chi connectivity index (χ4v) is 5.40. The van der Waals surface area contributed by atoms with Crippen LogP contribution in [0.2, 0.25) is 0 Å². The number of anilines is 1. The molecule has 0 aromatic carbocycles. The van der Waals surface area contributed by atoms with Crippen molar-refractivity contribution in [3.05, 3.63) is 18.0 Å². The van der Waals surface area contributed by atoms with Crippen LogP contribution in [0.25, 0.3) is 0 Å². The fourth-order valence-electron chi connectivity index (χ4n) is 5.40. The second kappa shape index (κ2) is 9.09. The quantitative estimate of drug-likeness (QED) is 0.702. The Hall–Kier alpha value is -1.53. The molecule has 29 heavy (non-hydrogen) atoms. The predicted molar refractivity (Wildman–Crippen MR) is 116 cm³/mol. The van der Waals surface area contributed by atoms with Crippen LogP contribution in [0, 0.1) is 0 Å². The zero-order valence-corrected chi connectivity index (χ0v) is 18.4. The topological polar surface area (TPSA) is 52.6 Å². The van der Waals surface area contributed by atoms with Gasteiger partial charge in [0.15, 0.2) is 0 Å². The zero-order chi connectivity index (χ0) is 20.4. The molecule has 2 unspecified atom stereocenters. The number of carbonyl (C=O) groups excluding carboxylic acids is 1. The predicted octanol–water partition coefficient (Wildman–Crippen LogP) is 3.09. The van der Waals surface area contributed by atoms with Crippen LogP contribution in [0.3, 0.4) is 0 Å². The number of hydrogen-bond donors (Lipinski definition) is 0. The fraction of sp³-hybridized carbons (Fsp3) is 0.783. The van der Waals surface area contributed by atoms with Gasteiger partial charge in [-0.15, -0.1) is 0 Å². The standard InChI is InChI=1S/C23H37N5O/c1-17(2)27-15-21-6-7-22(16-27)28(21)23-24-13-20(14-25-23)19-8-11-26(12-9-19)10-4-5-18(3)29/h13-14,17,19,21-22H,4-12,15-16H2,1-3H3. The summed E-state index contributed by atoms with van der Waals surface area (Å²) in [6, 6.07) is 1.76. The summed E-state index contributed by atoms with van der Waals surface area (Å²) >= 11 is 0. The molecule has 1 aromatic rings. The van der Waals surface area contributed by atoms with Crippen molar-refractivity contribution in [3.8, 4) is 0 Å². The lowest BCUT2D eigenvalue weighted by Gasteiger charge is -2.42. The SMILES string of the molecule is CC(=O)CCCN1CCC(c2cnc(N3C4CCC3CN(C(C)C)C4)nc2)CC1. The maximum absolute atomic E-state index is 11.1. The Labute approximate surface area is 175 Å². The van der Waals surface area contributed by atoms with Crippen LogP contribution in [0.5, 0.6) is 0 Å². The molecule has 0 saturated carbocycles. The number of aromatic nitrogens is 2. The van der Waals surface area contributed by atoms with E-state index in [4.69, 9.17) is 9.97 Å². The highest BCUT2D eigenvalue weighted by molar-refractivity contribution is 5.75. The average Bonchev–Trinajstić information content (AvgIpc) is 2.97. The molecule has 3 aliphatic heterocycles. The van der Waals surface area contributed by atoms with Crippen molar-refractivity contribution in [2.75, 3.05) is 37.6 Å². The number of hydrogen-bond acceptors (Lipinski definition) is 6. The lowest BCUT2D eigenvalue weighted by Crippen LogP contribution is -2.56. The van der Waals surface area contributed by atoms with Gasteiger partial charge in [-0.3, -0.25) is 4.90 Å². The Morgan fingerprint density at radius 1 is 1.07 bits per heavy atom. The number of piperidine rings is 1. The molecule has 0 amide bonds. The van der Waals surface area contributed by atoms with E-state index in [0.29, 0.717) is 36.2 Å². The van der Waals surface area contributed by atoms with Gasteiger partial charge >= 0.3 is 0 Å². The van der Waals surface area contributed by atoms with Crippen molar-refractivity contribution >= 4 is 11.7 Å². The number of carbonyl (C=O) groups is 1. The van der Waals surface area contributed by atoms with E-state index in [0.717, 1.165) is 45.1 Å². The third-order valence-corrected chi connectivity index (χ3v) is 7.19. The van der Waals surface area contributed by atoms with E-state index in [1.165, 1.54) is 31.2 Å². The normalized spacial score (nSPS) is 26.4. The monoisotopic (exact) mass is 399 g/mol. The van der Waals surface area contributed by atoms with Crippen LogP contribution < -0.4 is 4.90 Å². The summed E-state index contributed by atoms with van der Waals surface area (Å²) in [5, 5.41) is 0. The lowest BCUT2D eigenvalue weighted by molar-refractivity contribution is -0.117. The Kier molecular flexibility index (Phi) is 6.50.